The second kappa shape index (κ2) is 18.6. The number of aromatic hydroxyl groups is 1. The van der Waals surface area contributed by atoms with Gasteiger partial charge in [0.15, 0.2) is 11.9 Å². The monoisotopic (exact) mass is 698 g/mol. The van der Waals surface area contributed by atoms with Gasteiger partial charge in [-0.15, -0.1) is 0 Å². The molecule has 0 radical (unpaired) electrons. The first-order valence-corrected chi connectivity index (χ1v) is 16.7. The average Bonchev–Trinajstić information content (AvgIpc) is 3.09. The molecule has 0 aliphatic carbocycles. The Labute approximate surface area is 296 Å². The van der Waals surface area contributed by atoms with Crippen molar-refractivity contribution in [3.8, 4) is 5.75 Å². The Hall–Kier alpha value is -6.12. The van der Waals surface area contributed by atoms with Gasteiger partial charge in [-0.1, -0.05) is 60.7 Å². The first-order chi connectivity index (χ1) is 24.5. The molecule has 1 heterocycles. The summed E-state index contributed by atoms with van der Waals surface area (Å²) in [6.45, 7) is 0.416. The summed E-state index contributed by atoms with van der Waals surface area (Å²) in [5, 5.41) is 23.1. The first kappa shape index (κ1) is 37.7. The predicted octanol–water partition coefficient (Wildman–Crippen LogP) is -0.0532. The van der Waals surface area contributed by atoms with Crippen LogP contribution in [0, 0.1) is 0 Å². The van der Waals surface area contributed by atoms with E-state index >= 15 is 0 Å². The van der Waals surface area contributed by atoms with Crippen LogP contribution in [-0.2, 0) is 32.0 Å². The highest BCUT2D eigenvalue weighted by molar-refractivity contribution is 5.96. The molecular formula is C36H46N10O5. The number of benzene rings is 3. The Kier molecular flexibility index (Phi) is 13.7. The number of carbonyl (C=O) groups excluding carboxylic acids is 4. The van der Waals surface area contributed by atoms with Gasteiger partial charge in [0.05, 0.1) is 6.04 Å². The fourth-order valence-corrected chi connectivity index (χ4v) is 5.66. The number of nitrogens with two attached hydrogens (primary N) is 4. The molecule has 4 rings (SSSR count). The SMILES string of the molecule is NC(N)=NCCC[C@@H]1NC(=O)[C@H](Cc2ccc(O)cc2)NC(=O)/C=C\[C@@H](Cc2ccc3ccccc3c2)NC(=O)[C@@H](CCCN=C(N)N)NC1=O. The van der Waals surface area contributed by atoms with Crippen molar-refractivity contribution in [2.45, 2.75) is 62.7 Å². The van der Waals surface area contributed by atoms with Crippen molar-refractivity contribution < 1.29 is 24.3 Å². The smallest absolute Gasteiger partial charge is 0.244 e. The molecule has 270 valence electrons. The van der Waals surface area contributed by atoms with Crippen LogP contribution in [0.25, 0.3) is 10.8 Å². The number of phenolic OH excluding ortho intramolecular Hbond substituents is 1. The number of hydrogen-bond donors (Lipinski definition) is 9. The van der Waals surface area contributed by atoms with Crippen LogP contribution < -0.4 is 44.2 Å². The Balaban J connectivity index is 1.68. The quantitative estimate of drug-likeness (QED) is 0.0696. The zero-order valence-electron chi connectivity index (χ0n) is 28.3. The summed E-state index contributed by atoms with van der Waals surface area (Å²) in [6.07, 6.45) is 4.24. The molecule has 1 aliphatic rings. The molecule has 4 amide bonds. The maximum absolute atomic E-state index is 13.8. The van der Waals surface area contributed by atoms with E-state index in [2.05, 4.69) is 31.3 Å². The number of phenols is 1. The van der Waals surface area contributed by atoms with Gasteiger partial charge in [-0.3, -0.25) is 29.2 Å². The molecule has 3 aromatic carbocycles. The minimum atomic E-state index is -1.11. The van der Waals surface area contributed by atoms with Crippen LogP contribution in [0.2, 0.25) is 0 Å². The van der Waals surface area contributed by atoms with Gasteiger partial charge in [0.1, 0.15) is 23.9 Å². The van der Waals surface area contributed by atoms with Gasteiger partial charge in [-0.25, -0.2) is 0 Å². The molecule has 15 nitrogen and oxygen atoms in total. The minimum absolute atomic E-state index is 0.0473. The number of carbonyl (C=O) groups is 4. The lowest BCUT2D eigenvalue weighted by Crippen LogP contribution is -2.58. The number of nitrogens with one attached hydrogen (secondary N) is 4. The lowest BCUT2D eigenvalue weighted by atomic mass is 10.00. The van der Waals surface area contributed by atoms with Crippen LogP contribution in [0.4, 0.5) is 0 Å². The molecule has 4 atom stereocenters. The van der Waals surface area contributed by atoms with Gasteiger partial charge in [-0.05, 0) is 66.1 Å². The van der Waals surface area contributed by atoms with E-state index < -0.39 is 47.8 Å². The number of hydrogen-bond acceptors (Lipinski definition) is 7. The van der Waals surface area contributed by atoms with Crippen molar-refractivity contribution in [1.29, 1.82) is 0 Å². The van der Waals surface area contributed by atoms with Gasteiger partial charge in [0.2, 0.25) is 23.6 Å². The number of guanidine groups is 2. The molecule has 51 heavy (non-hydrogen) atoms. The summed E-state index contributed by atoms with van der Waals surface area (Å²) in [5.41, 5.74) is 23.4. The molecule has 0 unspecified atom stereocenters. The third-order valence-electron chi connectivity index (χ3n) is 8.24. The predicted molar refractivity (Wildman–Crippen MR) is 196 cm³/mol. The summed E-state index contributed by atoms with van der Waals surface area (Å²) in [4.78, 5) is 62.7. The van der Waals surface area contributed by atoms with E-state index in [4.69, 9.17) is 22.9 Å². The van der Waals surface area contributed by atoms with Crippen molar-refractivity contribution in [3.05, 3.63) is 90.0 Å². The second-order valence-corrected chi connectivity index (χ2v) is 12.3. The van der Waals surface area contributed by atoms with Gasteiger partial charge in [0.25, 0.3) is 0 Å². The highest BCUT2D eigenvalue weighted by Gasteiger charge is 2.30. The Morgan fingerprint density at radius 2 is 1.18 bits per heavy atom. The molecular weight excluding hydrogens is 652 g/mol. The molecule has 13 N–H and O–H groups in total. The van der Waals surface area contributed by atoms with Crippen molar-refractivity contribution in [2.24, 2.45) is 32.9 Å². The van der Waals surface area contributed by atoms with Crippen LogP contribution in [0.1, 0.15) is 36.8 Å². The summed E-state index contributed by atoms with van der Waals surface area (Å²) in [7, 11) is 0. The summed E-state index contributed by atoms with van der Waals surface area (Å²) < 4.78 is 0. The normalized spacial score (nSPS) is 20.5. The number of rotatable bonds is 12. The topological polar surface area (TPSA) is 265 Å². The Bertz CT molecular complexity index is 1770. The van der Waals surface area contributed by atoms with E-state index in [0.29, 0.717) is 24.8 Å². The van der Waals surface area contributed by atoms with Crippen LogP contribution in [0.5, 0.6) is 5.75 Å². The van der Waals surface area contributed by atoms with Crippen LogP contribution >= 0.6 is 0 Å². The zero-order valence-corrected chi connectivity index (χ0v) is 28.3. The third kappa shape index (κ3) is 12.4. The van der Waals surface area contributed by atoms with Crippen molar-refractivity contribution in [3.63, 3.8) is 0 Å². The number of amides is 4. The van der Waals surface area contributed by atoms with Gasteiger partial charge >= 0.3 is 0 Å². The molecule has 0 fully saturated rings. The molecule has 3 aromatic rings. The Morgan fingerprint density at radius 1 is 0.627 bits per heavy atom. The molecule has 15 heteroatoms. The van der Waals surface area contributed by atoms with E-state index in [9.17, 15) is 24.3 Å². The van der Waals surface area contributed by atoms with Crippen LogP contribution in [-0.4, -0.2) is 77.9 Å². The zero-order chi connectivity index (χ0) is 36.8. The number of nitrogens with zero attached hydrogens (tertiary/aromatic N) is 2. The van der Waals surface area contributed by atoms with Crippen molar-refractivity contribution in [2.75, 3.05) is 13.1 Å². The van der Waals surface area contributed by atoms with E-state index in [1.54, 1.807) is 18.2 Å². The summed E-state index contributed by atoms with van der Waals surface area (Å²) in [6, 6.07) is 16.2. The van der Waals surface area contributed by atoms with Gasteiger partial charge in [-0.2, -0.15) is 0 Å². The molecule has 0 spiro atoms. The molecule has 0 saturated heterocycles. The van der Waals surface area contributed by atoms with Gasteiger partial charge in [0, 0.05) is 25.6 Å². The lowest BCUT2D eigenvalue weighted by Gasteiger charge is -2.27. The summed E-state index contributed by atoms with van der Waals surface area (Å²) in [5.74, 6) is -2.46. The van der Waals surface area contributed by atoms with E-state index in [-0.39, 0.29) is 50.0 Å². The average molecular weight is 699 g/mol. The van der Waals surface area contributed by atoms with Crippen LogP contribution in [0.15, 0.2) is 88.9 Å². The van der Waals surface area contributed by atoms with Crippen LogP contribution in [0.3, 0.4) is 0 Å². The largest absolute Gasteiger partial charge is 0.508 e. The van der Waals surface area contributed by atoms with Crippen molar-refractivity contribution in [1.82, 2.24) is 21.3 Å². The number of fused-ring (bicyclic) bond motifs is 1. The van der Waals surface area contributed by atoms with E-state index in [0.717, 1.165) is 16.3 Å². The first-order valence-electron chi connectivity index (χ1n) is 16.7. The lowest BCUT2D eigenvalue weighted by molar-refractivity contribution is -0.133. The molecule has 0 saturated carbocycles. The third-order valence-corrected chi connectivity index (χ3v) is 8.24. The van der Waals surface area contributed by atoms with E-state index in [1.807, 2.05) is 42.5 Å². The second-order valence-electron chi connectivity index (χ2n) is 12.3. The Morgan fingerprint density at radius 3 is 1.78 bits per heavy atom. The highest BCUT2D eigenvalue weighted by Crippen LogP contribution is 2.18. The van der Waals surface area contributed by atoms with Crippen molar-refractivity contribution >= 4 is 46.3 Å². The molecule has 0 bridgehead atoms. The molecule has 0 aromatic heterocycles. The number of aliphatic imine (C=N–C) groups is 2. The van der Waals surface area contributed by atoms with Gasteiger partial charge < -0.3 is 49.3 Å². The van der Waals surface area contributed by atoms with E-state index in [1.165, 1.54) is 18.2 Å². The maximum atomic E-state index is 13.8. The minimum Gasteiger partial charge on any atom is -0.508 e. The maximum Gasteiger partial charge on any atom is 0.244 e. The highest BCUT2D eigenvalue weighted by atomic mass is 16.3. The standard InChI is InChI=1S/C36H46N10O5/c37-35(38)41-17-3-7-28-32(49)43-26(20-23-9-12-24-5-1-2-6-25(24)19-23)13-16-31(48)44-30(21-22-10-14-27(47)15-11-22)34(51)46-29(33(50)45-28)8-4-18-42-36(39)40/h1-2,5-6,9-16,19,26,28-30,47H,3-4,7-8,17-18,20-21H2,(H,43,49)(H,44,48)(H,45,50)(H,46,51)(H4,37,38,41)(H4,39,40,42)/b16-13-/t26-,28+,29-,30-/m0/s1. The fourth-order valence-electron chi connectivity index (χ4n) is 5.66. The fraction of sp³-hybridized carbons (Fsp3) is 0.333. The summed E-state index contributed by atoms with van der Waals surface area (Å²) >= 11 is 0. The molecule has 1 aliphatic heterocycles.